The summed E-state index contributed by atoms with van der Waals surface area (Å²) in [5, 5.41) is 0.604. The second kappa shape index (κ2) is 5.78. The summed E-state index contributed by atoms with van der Waals surface area (Å²) in [6.07, 6.45) is 0. The zero-order chi connectivity index (χ0) is 16.5. The Hall–Kier alpha value is -3.20. The Labute approximate surface area is 139 Å². The minimum Gasteiger partial charge on any atom is -0.306 e. The average molecular weight is 312 g/mol. The van der Waals surface area contributed by atoms with Gasteiger partial charge >= 0.3 is 0 Å². The first kappa shape index (κ1) is 14.4. The molecule has 0 aliphatic rings. The molecule has 1 heterocycles. The maximum atomic E-state index is 12.5. The summed E-state index contributed by atoms with van der Waals surface area (Å²) < 4.78 is 0. The van der Waals surface area contributed by atoms with Crippen LogP contribution in [0.2, 0.25) is 0 Å². The Kier molecular flexibility index (Phi) is 3.47. The molecule has 1 aromatic heterocycles. The smallest absolute Gasteiger partial charge is 0.259 e. The van der Waals surface area contributed by atoms with Crippen molar-refractivity contribution in [3.63, 3.8) is 0 Å². The van der Waals surface area contributed by atoms with Gasteiger partial charge in [0.1, 0.15) is 5.82 Å². The van der Waals surface area contributed by atoms with Gasteiger partial charge in [-0.05, 0) is 30.2 Å². The molecule has 4 aromatic rings. The van der Waals surface area contributed by atoms with Crippen LogP contribution in [0.1, 0.15) is 5.56 Å². The molecule has 0 atom stereocenters. The topological polar surface area (TPSA) is 45.8 Å². The molecule has 4 rings (SSSR count). The number of nitrogens with one attached hydrogen (secondary N) is 1. The maximum absolute atomic E-state index is 12.5. The van der Waals surface area contributed by atoms with Gasteiger partial charge in [-0.15, -0.1) is 0 Å². The number of rotatable bonds is 2. The lowest BCUT2D eigenvalue weighted by Crippen LogP contribution is -2.09. The van der Waals surface area contributed by atoms with Crippen molar-refractivity contribution in [1.29, 1.82) is 0 Å². The third-order valence-corrected chi connectivity index (χ3v) is 4.14. The number of aromatic amines is 1. The first-order chi connectivity index (χ1) is 11.7. The Morgan fingerprint density at radius 3 is 2.25 bits per heavy atom. The van der Waals surface area contributed by atoms with Crippen LogP contribution in [0, 0.1) is 6.92 Å². The number of benzene rings is 3. The highest BCUT2D eigenvalue weighted by Crippen LogP contribution is 2.23. The van der Waals surface area contributed by atoms with E-state index in [1.807, 2.05) is 79.7 Å². The van der Waals surface area contributed by atoms with Gasteiger partial charge in [0.2, 0.25) is 0 Å². The fraction of sp³-hybridized carbons (Fsp3) is 0.0476. The van der Waals surface area contributed by atoms with Crippen LogP contribution < -0.4 is 5.56 Å². The van der Waals surface area contributed by atoms with E-state index in [0.717, 1.165) is 16.7 Å². The van der Waals surface area contributed by atoms with Crippen molar-refractivity contribution in [3.05, 3.63) is 88.7 Å². The van der Waals surface area contributed by atoms with E-state index >= 15 is 0 Å². The molecule has 1 N–H and O–H groups in total. The summed E-state index contributed by atoms with van der Waals surface area (Å²) in [7, 11) is 0. The molecule has 116 valence electrons. The SMILES string of the molecule is Cc1ccc(-c2nc3ccc(-c4ccccc4)cc3c(=O)[nH]2)cc1. The van der Waals surface area contributed by atoms with E-state index in [9.17, 15) is 4.79 Å². The van der Waals surface area contributed by atoms with Gasteiger partial charge in [0.15, 0.2) is 0 Å². The molecule has 0 saturated carbocycles. The van der Waals surface area contributed by atoms with Gasteiger partial charge in [0, 0.05) is 5.56 Å². The molecule has 0 radical (unpaired) electrons. The van der Waals surface area contributed by atoms with Crippen LogP contribution in [-0.2, 0) is 0 Å². The first-order valence-corrected chi connectivity index (χ1v) is 7.87. The van der Waals surface area contributed by atoms with Crippen LogP contribution in [-0.4, -0.2) is 9.97 Å². The molecule has 0 aliphatic heterocycles. The number of fused-ring (bicyclic) bond motifs is 1. The third kappa shape index (κ3) is 2.61. The van der Waals surface area contributed by atoms with Gasteiger partial charge in [-0.25, -0.2) is 4.98 Å². The molecule has 0 amide bonds. The Morgan fingerprint density at radius 2 is 1.50 bits per heavy atom. The molecule has 3 nitrogen and oxygen atoms in total. The average Bonchev–Trinajstić information content (AvgIpc) is 2.63. The molecule has 0 unspecified atom stereocenters. The van der Waals surface area contributed by atoms with E-state index in [4.69, 9.17) is 0 Å². The van der Waals surface area contributed by atoms with E-state index in [-0.39, 0.29) is 5.56 Å². The van der Waals surface area contributed by atoms with Crippen LogP contribution in [0.5, 0.6) is 0 Å². The third-order valence-electron chi connectivity index (χ3n) is 4.14. The molecule has 24 heavy (non-hydrogen) atoms. The Bertz CT molecular complexity index is 1060. The highest BCUT2D eigenvalue weighted by atomic mass is 16.1. The van der Waals surface area contributed by atoms with Gasteiger partial charge in [0.25, 0.3) is 5.56 Å². The summed E-state index contributed by atoms with van der Waals surface area (Å²) in [5.41, 5.74) is 4.77. The zero-order valence-corrected chi connectivity index (χ0v) is 13.3. The van der Waals surface area contributed by atoms with E-state index in [2.05, 4.69) is 9.97 Å². The van der Waals surface area contributed by atoms with Crippen molar-refractivity contribution in [2.24, 2.45) is 0 Å². The van der Waals surface area contributed by atoms with Gasteiger partial charge in [0.05, 0.1) is 10.9 Å². The molecule has 0 spiro atoms. The minimum absolute atomic E-state index is 0.117. The number of H-pyrrole nitrogens is 1. The van der Waals surface area contributed by atoms with Crippen LogP contribution in [0.3, 0.4) is 0 Å². The molecule has 0 fully saturated rings. The lowest BCUT2D eigenvalue weighted by Gasteiger charge is -2.06. The molecule has 3 heteroatoms. The predicted octanol–water partition coefficient (Wildman–Crippen LogP) is 4.57. The number of nitrogens with zero attached hydrogens (tertiary/aromatic N) is 1. The van der Waals surface area contributed by atoms with Crippen molar-refractivity contribution >= 4 is 10.9 Å². The van der Waals surface area contributed by atoms with E-state index in [0.29, 0.717) is 16.7 Å². The highest BCUT2D eigenvalue weighted by molar-refractivity contribution is 5.84. The van der Waals surface area contributed by atoms with Gasteiger partial charge in [-0.2, -0.15) is 0 Å². The first-order valence-electron chi connectivity index (χ1n) is 7.87. The van der Waals surface area contributed by atoms with Gasteiger partial charge in [-0.3, -0.25) is 4.79 Å². The van der Waals surface area contributed by atoms with Crippen molar-refractivity contribution in [3.8, 4) is 22.5 Å². The lowest BCUT2D eigenvalue weighted by molar-refractivity contribution is 1.18. The Balaban J connectivity index is 1.85. The maximum Gasteiger partial charge on any atom is 0.259 e. The molecule has 0 bridgehead atoms. The molecule has 0 saturated heterocycles. The van der Waals surface area contributed by atoms with Gasteiger partial charge in [-0.1, -0.05) is 66.2 Å². The van der Waals surface area contributed by atoms with Crippen molar-refractivity contribution in [1.82, 2.24) is 9.97 Å². The summed E-state index contributed by atoms with van der Waals surface area (Å²) in [6, 6.07) is 23.8. The Morgan fingerprint density at radius 1 is 0.792 bits per heavy atom. The van der Waals surface area contributed by atoms with E-state index < -0.39 is 0 Å². The lowest BCUT2D eigenvalue weighted by atomic mass is 10.0. The van der Waals surface area contributed by atoms with Crippen molar-refractivity contribution in [2.75, 3.05) is 0 Å². The minimum atomic E-state index is -0.117. The van der Waals surface area contributed by atoms with Crippen LogP contribution in [0.4, 0.5) is 0 Å². The normalized spacial score (nSPS) is 10.9. The molecule has 0 aliphatic carbocycles. The van der Waals surface area contributed by atoms with Gasteiger partial charge < -0.3 is 4.98 Å². The molecular weight excluding hydrogens is 296 g/mol. The van der Waals surface area contributed by atoms with Crippen LogP contribution >= 0.6 is 0 Å². The van der Waals surface area contributed by atoms with Crippen LogP contribution in [0.25, 0.3) is 33.4 Å². The fourth-order valence-corrected chi connectivity index (χ4v) is 2.80. The number of aromatic nitrogens is 2. The van der Waals surface area contributed by atoms with Crippen molar-refractivity contribution in [2.45, 2.75) is 6.92 Å². The fourth-order valence-electron chi connectivity index (χ4n) is 2.80. The second-order valence-electron chi connectivity index (χ2n) is 5.88. The van der Waals surface area contributed by atoms with E-state index in [1.54, 1.807) is 0 Å². The van der Waals surface area contributed by atoms with E-state index in [1.165, 1.54) is 5.56 Å². The quantitative estimate of drug-likeness (QED) is 0.589. The number of hydrogen-bond donors (Lipinski definition) is 1. The largest absolute Gasteiger partial charge is 0.306 e. The summed E-state index contributed by atoms with van der Waals surface area (Å²) in [5.74, 6) is 0.597. The highest BCUT2D eigenvalue weighted by Gasteiger charge is 2.07. The number of aryl methyl sites for hydroxylation is 1. The van der Waals surface area contributed by atoms with Crippen LogP contribution in [0.15, 0.2) is 77.6 Å². The zero-order valence-electron chi connectivity index (χ0n) is 13.3. The summed E-state index contributed by atoms with van der Waals surface area (Å²) in [6.45, 7) is 2.03. The summed E-state index contributed by atoms with van der Waals surface area (Å²) >= 11 is 0. The molecule has 3 aromatic carbocycles. The monoisotopic (exact) mass is 312 g/mol. The van der Waals surface area contributed by atoms with Crippen molar-refractivity contribution < 1.29 is 0 Å². The number of hydrogen-bond acceptors (Lipinski definition) is 2. The standard InChI is InChI=1S/C21H16N2O/c1-14-7-9-16(10-8-14)20-22-19-12-11-17(13-18(19)21(24)23-20)15-5-3-2-4-6-15/h2-13H,1H3,(H,22,23,24). The second-order valence-corrected chi connectivity index (χ2v) is 5.88. The molecular formula is C21H16N2O. The predicted molar refractivity (Wildman–Crippen MR) is 98.0 cm³/mol. The summed E-state index contributed by atoms with van der Waals surface area (Å²) in [4.78, 5) is 20.0.